The van der Waals surface area contributed by atoms with Gasteiger partial charge in [0.05, 0.1) is 30.4 Å². The van der Waals surface area contributed by atoms with Gasteiger partial charge in [-0.1, -0.05) is 0 Å². The highest BCUT2D eigenvalue weighted by atomic mass is 16.5. The van der Waals surface area contributed by atoms with Crippen molar-refractivity contribution in [1.29, 1.82) is 0 Å². The third kappa shape index (κ3) is 3.52. The quantitative estimate of drug-likeness (QED) is 0.469. The van der Waals surface area contributed by atoms with Crippen molar-refractivity contribution in [1.82, 2.24) is 4.90 Å². The van der Waals surface area contributed by atoms with E-state index in [1.165, 1.54) is 7.11 Å². The molecule has 0 radical (unpaired) electrons. The van der Waals surface area contributed by atoms with E-state index in [0.717, 1.165) is 27.7 Å². The minimum Gasteiger partial charge on any atom is -0.469 e. The zero-order valence-corrected chi connectivity index (χ0v) is 18.6. The van der Waals surface area contributed by atoms with Crippen LogP contribution in [0, 0.1) is 33.6 Å². The lowest BCUT2D eigenvalue weighted by Gasteiger charge is -2.30. The molecule has 0 spiro atoms. The largest absolute Gasteiger partial charge is 0.469 e. The van der Waals surface area contributed by atoms with Gasteiger partial charge in [-0.3, -0.25) is 9.59 Å². The van der Waals surface area contributed by atoms with Crippen LogP contribution >= 0.6 is 0 Å². The number of benzene rings is 1. The van der Waals surface area contributed by atoms with Crippen molar-refractivity contribution in [2.24, 2.45) is 5.92 Å². The van der Waals surface area contributed by atoms with Crippen LogP contribution in [0.4, 0.5) is 0 Å². The fourth-order valence-corrected chi connectivity index (χ4v) is 4.63. The van der Waals surface area contributed by atoms with E-state index in [4.69, 9.17) is 13.6 Å². The van der Waals surface area contributed by atoms with E-state index in [-0.39, 0.29) is 24.2 Å². The maximum atomic E-state index is 12.9. The number of piperidine rings is 1. The van der Waals surface area contributed by atoms with Gasteiger partial charge in [0.2, 0.25) is 5.91 Å². The zero-order chi connectivity index (χ0) is 22.4. The van der Waals surface area contributed by atoms with Crippen molar-refractivity contribution in [3.8, 4) is 0 Å². The summed E-state index contributed by atoms with van der Waals surface area (Å²) >= 11 is 0. The van der Waals surface area contributed by atoms with Crippen molar-refractivity contribution in [3.63, 3.8) is 0 Å². The molecular weight excluding hydrogens is 398 g/mol. The highest BCUT2D eigenvalue weighted by Gasteiger charge is 2.29. The summed E-state index contributed by atoms with van der Waals surface area (Å²) in [5.74, 6) is 0.264. The van der Waals surface area contributed by atoms with Gasteiger partial charge in [-0.05, 0) is 63.3 Å². The number of nitrogens with zero attached hydrogens (tertiary/aromatic N) is 1. The molecule has 1 aromatic carbocycles. The Balaban J connectivity index is 1.69. The fraction of sp³-hybridized carbons (Fsp3) is 0.458. The molecule has 164 valence electrons. The van der Waals surface area contributed by atoms with Crippen LogP contribution in [0.3, 0.4) is 0 Å². The number of hydrogen-bond donors (Lipinski definition) is 0. The lowest BCUT2D eigenvalue weighted by Crippen LogP contribution is -2.41. The predicted molar refractivity (Wildman–Crippen MR) is 116 cm³/mol. The number of rotatable bonds is 3. The second-order valence-electron chi connectivity index (χ2n) is 8.40. The Hall–Kier alpha value is -3.09. The van der Waals surface area contributed by atoms with E-state index in [1.807, 2.05) is 33.8 Å². The number of ether oxygens (including phenoxy) is 1. The van der Waals surface area contributed by atoms with Gasteiger partial charge in [0, 0.05) is 18.5 Å². The Labute approximate surface area is 179 Å². The summed E-state index contributed by atoms with van der Waals surface area (Å²) in [7, 11) is 1.38. The van der Waals surface area contributed by atoms with Gasteiger partial charge in [-0.15, -0.1) is 0 Å². The molecule has 3 aromatic rings. The van der Waals surface area contributed by atoms with Gasteiger partial charge >= 0.3 is 11.6 Å². The van der Waals surface area contributed by atoms with Gasteiger partial charge in [0.25, 0.3) is 0 Å². The van der Waals surface area contributed by atoms with Crippen LogP contribution in [0.1, 0.15) is 40.9 Å². The summed E-state index contributed by atoms with van der Waals surface area (Å²) in [6, 6.07) is 1.86. The molecule has 31 heavy (non-hydrogen) atoms. The van der Waals surface area contributed by atoms with Crippen LogP contribution in [0.5, 0.6) is 0 Å². The molecule has 0 N–H and O–H groups in total. The van der Waals surface area contributed by atoms with Crippen LogP contribution < -0.4 is 5.63 Å². The number of aryl methyl sites for hydroxylation is 4. The fourth-order valence-electron chi connectivity index (χ4n) is 4.63. The molecule has 2 aromatic heterocycles. The SMILES string of the molecule is COC(=O)C1CCN(C(=O)Cc2c(C)c3c(cc(C)c4c(C)c(C)oc43)oc2=O)CC1. The van der Waals surface area contributed by atoms with Crippen molar-refractivity contribution < 1.29 is 23.2 Å². The lowest BCUT2D eigenvalue weighted by atomic mass is 9.95. The third-order valence-electron chi connectivity index (χ3n) is 6.59. The molecule has 1 saturated heterocycles. The highest BCUT2D eigenvalue weighted by molar-refractivity contribution is 6.07. The standard InChI is InChI=1S/C24H27NO6/c1-12-10-18-21(22-20(12)13(2)15(4)30-22)14(3)17(24(28)31-18)11-19(26)25-8-6-16(7-9-25)23(27)29-5/h10,16H,6-9,11H2,1-5H3. The van der Waals surface area contributed by atoms with E-state index >= 15 is 0 Å². The normalized spacial score (nSPS) is 15.1. The predicted octanol–water partition coefficient (Wildman–Crippen LogP) is 3.73. The first-order valence-electron chi connectivity index (χ1n) is 10.5. The van der Waals surface area contributed by atoms with E-state index in [0.29, 0.717) is 48.2 Å². The molecule has 0 saturated carbocycles. The Morgan fingerprint density at radius 2 is 1.74 bits per heavy atom. The first-order chi connectivity index (χ1) is 14.7. The molecule has 0 aliphatic carbocycles. The molecule has 4 rings (SSSR count). The number of furan rings is 1. The number of carbonyl (C=O) groups excluding carboxylic acids is 2. The first kappa shape index (κ1) is 21.2. The number of hydrogen-bond acceptors (Lipinski definition) is 6. The molecule has 1 aliphatic rings. The number of esters is 1. The van der Waals surface area contributed by atoms with Crippen molar-refractivity contribution in [2.45, 2.75) is 47.0 Å². The van der Waals surface area contributed by atoms with Crippen LogP contribution in [-0.2, 0) is 20.7 Å². The van der Waals surface area contributed by atoms with Gasteiger partial charge in [0.15, 0.2) is 0 Å². The maximum Gasteiger partial charge on any atom is 0.340 e. The molecule has 7 heteroatoms. The van der Waals surface area contributed by atoms with E-state index in [2.05, 4.69) is 0 Å². The maximum absolute atomic E-state index is 12.9. The van der Waals surface area contributed by atoms with Crippen LogP contribution in [-0.4, -0.2) is 37.0 Å². The number of amides is 1. The highest BCUT2D eigenvalue weighted by Crippen LogP contribution is 2.36. The smallest absolute Gasteiger partial charge is 0.340 e. The average molecular weight is 425 g/mol. The molecule has 1 fully saturated rings. The van der Waals surface area contributed by atoms with Crippen LogP contribution in [0.25, 0.3) is 21.9 Å². The zero-order valence-electron chi connectivity index (χ0n) is 18.6. The number of likely N-dealkylation sites (tertiary alicyclic amines) is 1. The summed E-state index contributed by atoms with van der Waals surface area (Å²) in [6.07, 6.45) is 1.09. The van der Waals surface area contributed by atoms with E-state index in [1.54, 1.807) is 4.90 Å². The molecule has 3 heterocycles. The average Bonchev–Trinajstić information content (AvgIpc) is 3.04. The van der Waals surface area contributed by atoms with Gasteiger partial charge in [0.1, 0.15) is 16.9 Å². The Morgan fingerprint density at radius 3 is 2.39 bits per heavy atom. The molecule has 1 amide bonds. The summed E-state index contributed by atoms with van der Waals surface area (Å²) in [6.45, 7) is 8.67. The van der Waals surface area contributed by atoms with Gasteiger partial charge in [-0.2, -0.15) is 0 Å². The lowest BCUT2D eigenvalue weighted by molar-refractivity contribution is -0.148. The van der Waals surface area contributed by atoms with E-state index in [9.17, 15) is 14.4 Å². The molecular formula is C24H27NO6. The second-order valence-corrected chi connectivity index (χ2v) is 8.40. The van der Waals surface area contributed by atoms with Crippen LogP contribution in [0.15, 0.2) is 19.7 Å². The Morgan fingerprint density at radius 1 is 1.06 bits per heavy atom. The first-order valence-corrected chi connectivity index (χ1v) is 10.5. The third-order valence-corrected chi connectivity index (χ3v) is 6.59. The number of methoxy groups -OCH3 is 1. The molecule has 1 aliphatic heterocycles. The Kier molecular flexibility index (Phi) is 5.37. The molecule has 0 bridgehead atoms. The van der Waals surface area contributed by atoms with Gasteiger partial charge < -0.3 is 18.5 Å². The monoisotopic (exact) mass is 425 g/mol. The van der Waals surface area contributed by atoms with Gasteiger partial charge in [-0.25, -0.2) is 4.79 Å². The summed E-state index contributed by atoms with van der Waals surface area (Å²) in [5, 5.41) is 1.76. The van der Waals surface area contributed by atoms with Crippen LogP contribution in [0.2, 0.25) is 0 Å². The summed E-state index contributed by atoms with van der Waals surface area (Å²) in [4.78, 5) is 39.1. The number of fused-ring (bicyclic) bond motifs is 3. The van der Waals surface area contributed by atoms with E-state index < -0.39 is 5.63 Å². The molecule has 0 atom stereocenters. The second kappa shape index (κ2) is 7.87. The summed E-state index contributed by atoms with van der Waals surface area (Å²) in [5.41, 5.74) is 3.77. The Bertz CT molecular complexity index is 1260. The topological polar surface area (TPSA) is 90.0 Å². The summed E-state index contributed by atoms with van der Waals surface area (Å²) < 4.78 is 16.5. The van der Waals surface area contributed by atoms with Crippen molar-refractivity contribution >= 4 is 33.8 Å². The molecule has 0 unspecified atom stereocenters. The molecule has 7 nitrogen and oxygen atoms in total. The van der Waals surface area contributed by atoms with Crippen molar-refractivity contribution in [2.75, 3.05) is 20.2 Å². The van der Waals surface area contributed by atoms with Crippen molar-refractivity contribution in [3.05, 3.63) is 44.5 Å². The minimum absolute atomic E-state index is 0.0406. The minimum atomic E-state index is -0.499. The number of carbonyl (C=O) groups is 2.